The fourth-order valence-corrected chi connectivity index (χ4v) is 1.69. The van der Waals surface area contributed by atoms with Crippen molar-refractivity contribution in [1.29, 1.82) is 5.26 Å². The highest BCUT2D eigenvalue weighted by Crippen LogP contribution is 2.16. The van der Waals surface area contributed by atoms with Crippen LogP contribution in [0.15, 0.2) is 18.2 Å². The molecular weight excluding hydrogens is 240 g/mol. The Morgan fingerprint density at radius 3 is 2.65 bits per heavy atom. The van der Waals surface area contributed by atoms with E-state index in [1.807, 2.05) is 6.07 Å². The van der Waals surface area contributed by atoms with Gasteiger partial charge in [-0.15, -0.1) is 0 Å². The number of rotatable bonds is 5. The van der Waals surface area contributed by atoms with Gasteiger partial charge in [-0.1, -0.05) is 0 Å². The van der Waals surface area contributed by atoms with Gasteiger partial charge in [0.15, 0.2) is 0 Å². The lowest BCUT2D eigenvalue weighted by atomic mass is 10.2. The van der Waals surface area contributed by atoms with Crippen LogP contribution < -0.4 is 15.8 Å². The van der Waals surface area contributed by atoms with Gasteiger partial charge in [0.25, 0.3) is 0 Å². The largest absolute Gasteiger partial charge is 0.398 e. The summed E-state index contributed by atoms with van der Waals surface area (Å²) in [6.45, 7) is 0.733. The van der Waals surface area contributed by atoms with Gasteiger partial charge in [-0.05, 0) is 18.2 Å². The minimum absolute atomic E-state index is 0.290. The van der Waals surface area contributed by atoms with Crippen LogP contribution in [0, 0.1) is 11.3 Å². The van der Waals surface area contributed by atoms with Crippen molar-refractivity contribution in [1.82, 2.24) is 4.72 Å². The van der Waals surface area contributed by atoms with Crippen LogP contribution in [0.2, 0.25) is 0 Å². The normalized spacial score (nSPS) is 10.8. The molecule has 0 bridgehead atoms. The van der Waals surface area contributed by atoms with Crippen LogP contribution in [-0.4, -0.2) is 27.8 Å². The molecule has 0 aliphatic heterocycles. The molecule has 0 atom stereocenters. The third-order valence-electron chi connectivity index (χ3n) is 1.99. The van der Waals surface area contributed by atoms with E-state index in [4.69, 9.17) is 11.0 Å². The zero-order valence-corrected chi connectivity index (χ0v) is 10.2. The highest BCUT2D eigenvalue weighted by atomic mass is 32.2. The standard InChI is InChI=1S/C10H14N4O2S/c1-17(15,16)14-5-4-13-9-3-2-8(7-11)10(12)6-9/h2-3,6,13-14H,4-5,12H2,1H3. The second kappa shape index (κ2) is 5.52. The molecule has 1 aromatic carbocycles. The average Bonchev–Trinajstić information content (AvgIpc) is 2.23. The van der Waals surface area contributed by atoms with Gasteiger partial charge in [0.1, 0.15) is 6.07 Å². The van der Waals surface area contributed by atoms with Gasteiger partial charge in [-0.2, -0.15) is 5.26 Å². The Morgan fingerprint density at radius 2 is 2.12 bits per heavy atom. The van der Waals surface area contributed by atoms with E-state index >= 15 is 0 Å². The molecule has 92 valence electrons. The smallest absolute Gasteiger partial charge is 0.208 e. The fourth-order valence-electron chi connectivity index (χ4n) is 1.22. The van der Waals surface area contributed by atoms with E-state index in [-0.39, 0.29) is 0 Å². The minimum atomic E-state index is -3.16. The third-order valence-corrected chi connectivity index (χ3v) is 2.72. The second-order valence-electron chi connectivity index (χ2n) is 3.51. The molecular formula is C10H14N4O2S. The van der Waals surface area contributed by atoms with E-state index in [2.05, 4.69) is 10.0 Å². The van der Waals surface area contributed by atoms with Crippen molar-refractivity contribution in [2.75, 3.05) is 30.4 Å². The van der Waals surface area contributed by atoms with E-state index in [0.717, 1.165) is 11.9 Å². The number of hydrogen-bond donors (Lipinski definition) is 3. The lowest BCUT2D eigenvalue weighted by Crippen LogP contribution is -2.27. The van der Waals surface area contributed by atoms with Crippen LogP contribution in [0.3, 0.4) is 0 Å². The summed E-state index contributed by atoms with van der Waals surface area (Å²) in [6, 6.07) is 6.93. The highest BCUT2D eigenvalue weighted by Gasteiger charge is 2.01. The first-order chi connectivity index (χ1) is 7.92. The molecule has 0 aliphatic carbocycles. The first kappa shape index (κ1) is 13.3. The molecule has 0 amide bonds. The molecule has 7 heteroatoms. The van der Waals surface area contributed by atoms with Crippen LogP contribution in [0.25, 0.3) is 0 Å². The molecule has 1 rings (SSSR count). The molecule has 4 N–H and O–H groups in total. The quantitative estimate of drug-likeness (QED) is 0.510. The Labute approximate surface area is 100 Å². The first-order valence-electron chi connectivity index (χ1n) is 4.90. The van der Waals surface area contributed by atoms with E-state index in [1.165, 1.54) is 0 Å². The van der Waals surface area contributed by atoms with Crippen molar-refractivity contribution < 1.29 is 8.42 Å². The number of nitriles is 1. The van der Waals surface area contributed by atoms with Gasteiger partial charge in [0.2, 0.25) is 10.0 Å². The summed E-state index contributed by atoms with van der Waals surface area (Å²) in [7, 11) is -3.16. The maximum atomic E-state index is 10.8. The molecule has 0 unspecified atom stereocenters. The SMILES string of the molecule is CS(=O)(=O)NCCNc1ccc(C#N)c(N)c1. The summed E-state index contributed by atoms with van der Waals surface area (Å²) >= 11 is 0. The van der Waals surface area contributed by atoms with Gasteiger partial charge in [-0.25, -0.2) is 13.1 Å². The molecule has 1 aromatic rings. The lowest BCUT2D eigenvalue weighted by molar-refractivity contribution is 0.589. The molecule has 0 aromatic heterocycles. The van der Waals surface area contributed by atoms with Gasteiger partial charge in [-0.3, -0.25) is 0 Å². The number of benzene rings is 1. The number of hydrogen-bond acceptors (Lipinski definition) is 5. The van der Waals surface area contributed by atoms with Crippen molar-refractivity contribution in [3.8, 4) is 6.07 Å². The van der Waals surface area contributed by atoms with Crippen LogP contribution in [0.4, 0.5) is 11.4 Å². The van der Waals surface area contributed by atoms with Crippen molar-refractivity contribution in [3.63, 3.8) is 0 Å². The van der Waals surface area contributed by atoms with E-state index < -0.39 is 10.0 Å². The van der Waals surface area contributed by atoms with Crippen molar-refractivity contribution in [3.05, 3.63) is 23.8 Å². The predicted molar refractivity (Wildman–Crippen MR) is 66.9 cm³/mol. The number of nitrogens with two attached hydrogens (primary N) is 1. The van der Waals surface area contributed by atoms with Crippen LogP contribution in [-0.2, 0) is 10.0 Å². The Bertz CT molecular complexity index is 534. The van der Waals surface area contributed by atoms with E-state index in [1.54, 1.807) is 18.2 Å². The number of sulfonamides is 1. The van der Waals surface area contributed by atoms with E-state index in [0.29, 0.717) is 24.3 Å². The second-order valence-corrected chi connectivity index (χ2v) is 5.34. The fraction of sp³-hybridized carbons (Fsp3) is 0.300. The summed E-state index contributed by atoms with van der Waals surface area (Å²) in [5, 5.41) is 11.7. The number of nitrogen functional groups attached to an aromatic ring is 1. The van der Waals surface area contributed by atoms with E-state index in [9.17, 15) is 8.42 Å². The van der Waals surface area contributed by atoms with Crippen LogP contribution >= 0.6 is 0 Å². The van der Waals surface area contributed by atoms with Gasteiger partial charge in [0, 0.05) is 18.8 Å². The monoisotopic (exact) mass is 254 g/mol. The summed E-state index contributed by atoms with van der Waals surface area (Å²) in [6.07, 6.45) is 1.10. The number of nitrogens with one attached hydrogen (secondary N) is 2. The summed E-state index contributed by atoms with van der Waals surface area (Å²) in [5.41, 5.74) is 7.20. The molecule has 17 heavy (non-hydrogen) atoms. The molecule has 0 spiro atoms. The van der Waals surface area contributed by atoms with Crippen molar-refractivity contribution in [2.24, 2.45) is 0 Å². The minimum Gasteiger partial charge on any atom is -0.398 e. The average molecular weight is 254 g/mol. The van der Waals surface area contributed by atoms with Gasteiger partial charge in [0.05, 0.1) is 17.5 Å². The molecule has 0 aliphatic rings. The predicted octanol–water partition coefficient (Wildman–Crippen LogP) is 0.102. The maximum Gasteiger partial charge on any atom is 0.208 e. The van der Waals surface area contributed by atoms with Gasteiger partial charge < -0.3 is 11.1 Å². The summed E-state index contributed by atoms with van der Waals surface area (Å²) in [5.74, 6) is 0. The van der Waals surface area contributed by atoms with Crippen molar-refractivity contribution >= 4 is 21.4 Å². The third kappa shape index (κ3) is 4.72. The highest BCUT2D eigenvalue weighted by molar-refractivity contribution is 7.88. The molecule has 0 heterocycles. The van der Waals surface area contributed by atoms with Gasteiger partial charge >= 0.3 is 0 Å². The Kier molecular flexibility index (Phi) is 4.31. The summed E-state index contributed by atoms with van der Waals surface area (Å²) < 4.78 is 23.9. The Hall–Kier alpha value is -1.78. The van der Waals surface area contributed by atoms with Crippen molar-refractivity contribution in [2.45, 2.75) is 0 Å². The summed E-state index contributed by atoms with van der Waals surface area (Å²) in [4.78, 5) is 0. The Balaban J connectivity index is 2.48. The number of anilines is 2. The topological polar surface area (TPSA) is 108 Å². The first-order valence-corrected chi connectivity index (χ1v) is 6.79. The zero-order chi connectivity index (χ0) is 12.9. The molecule has 0 saturated heterocycles. The molecule has 0 radical (unpaired) electrons. The maximum absolute atomic E-state index is 10.8. The van der Waals surface area contributed by atoms with Crippen LogP contribution in [0.1, 0.15) is 5.56 Å². The molecule has 0 saturated carbocycles. The number of nitrogens with zero attached hydrogens (tertiary/aromatic N) is 1. The molecule has 6 nitrogen and oxygen atoms in total. The lowest BCUT2D eigenvalue weighted by Gasteiger charge is -2.08. The zero-order valence-electron chi connectivity index (χ0n) is 9.40. The Morgan fingerprint density at radius 1 is 1.41 bits per heavy atom. The van der Waals surface area contributed by atoms with Crippen LogP contribution in [0.5, 0.6) is 0 Å². The molecule has 0 fully saturated rings.